The zero-order valence-corrected chi connectivity index (χ0v) is 11.3. The van der Waals surface area contributed by atoms with Crippen LogP contribution in [0.4, 0.5) is 0 Å². The van der Waals surface area contributed by atoms with E-state index in [1.807, 2.05) is 12.3 Å². The van der Waals surface area contributed by atoms with Crippen LogP contribution in [0.3, 0.4) is 0 Å². The molecule has 0 saturated carbocycles. The van der Waals surface area contributed by atoms with Crippen molar-refractivity contribution in [3.8, 4) is 0 Å². The van der Waals surface area contributed by atoms with Gasteiger partial charge in [0.15, 0.2) is 0 Å². The lowest BCUT2D eigenvalue weighted by Crippen LogP contribution is -2.32. The zero-order chi connectivity index (χ0) is 12.7. The van der Waals surface area contributed by atoms with E-state index in [4.69, 9.17) is 5.73 Å². The molecule has 96 valence electrons. The van der Waals surface area contributed by atoms with Crippen molar-refractivity contribution >= 4 is 17.2 Å². The summed E-state index contributed by atoms with van der Waals surface area (Å²) in [6.07, 6.45) is 3.13. The Morgan fingerprint density at radius 3 is 3.00 bits per heavy atom. The number of rotatable bonds is 7. The van der Waals surface area contributed by atoms with Crippen LogP contribution in [0.25, 0.3) is 0 Å². The van der Waals surface area contributed by atoms with Crippen molar-refractivity contribution in [3.63, 3.8) is 0 Å². The van der Waals surface area contributed by atoms with E-state index in [-0.39, 0.29) is 11.9 Å². The van der Waals surface area contributed by atoms with Gasteiger partial charge in [0.05, 0.1) is 10.7 Å². The minimum atomic E-state index is -0.0125. The van der Waals surface area contributed by atoms with Crippen molar-refractivity contribution in [3.05, 3.63) is 16.1 Å². The lowest BCUT2D eigenvalue weighted by molar-refractivity contribution is -0.121. The maximum Gasteiger partial charge on any atom is 0.221 e. The van der Waals surface area contributed by atoms with E-state index in [9.17, 15) is 4.79 Å². The number of nitrogens with two attached hydrogens (primary N) is 1. The van der Waals surface area contributed by atoms with Crippen LogP contribution >= 0.6 is 11.3 Å². The standard InChI is InChI=1S/C12H21N3OS/c1-3-4-10(13)7-12(16)14-6-5-11-8-17-9(2)15-11/h8,10H,3-7,13H2,1-2H3,(H,14,16). The average Bonchev–Trinajstić information content (AvgIpc) is 2.64. The Balaban J connectivity index is 2.16. The molecule has 0 aliphatic carbocycles. The summed E-state index contributed by atoms with van der Waals surface area (Å²) in [5, 5.41) is 5.97. The fraction of sp³-hybridized carbons (Fsp3) is 0.667. The third-order valence-electron chi connectivity index (χ3n) is 2.48. The maximum absolute atomic E-state index is 11.5. The molecule has 0 aliphatic rings. The van der Waals surface area contributed by atoms with E-state index < -0.39 is 0 Å². The van der Waals surface area contributed by atoms with Gasteiger partial charge in [-0.05, 0) is 13.3 Å². The van der Waals surface area contributed by atoms with Crippen molar-refractivity contribution in [1.82, 2.24) is 10.3 Å². The molecule has 0 bridgehead atoms. The van der Waals surface area contributed by atoms with Gasteiger partial charge in [-0.25, -0.2) is 4.98 Å². The summed E-state index contributed by atoms with van der Waals surface area (Å²) in [6, 6.07) is -0.0125. The van der Waals surface area contributed by atoms with Crippen molar-refractivity contribution in [2.45, 2.75) is 45.6 Å². The summed E-state index contributed by atoms with van der Waals surface area (Å²) < 4.78 is 0. The second-order valence-electron chi connectivity index (χ2n) is 4.21. The average molecular weight is 255 g/mol. The lowest BCUT2D eigenvalue weighted by Gasteiger charge is -2.09. The molecule has 4 nitrogen and oxygen atoms in total. The number of nitrogens with zero attached hydrogens (tertiary/aromatic N) is 1. The predicted molar refractivity (Wildman–Crippen MR) is 71.1 cm³/mol. The van der Waals surface area contributed by atoms with Gasteiger partial charge in [-0.1, -0.05) is 13.3 Å². The first-order valence-corrected chi connectivity index (χ1v) is 6.93. The highest BCUT2D eigenvalue weighted by Gasteiger charge is 2.08. The number of carbonyl (C=O) groups excluding carboxylic acids is 1. The molecular weight excluding hydrogens is 234 g/mol. The molecule has 1 amide bonds. The molecule has 1 atom stereocenters. The third-order valence-corrected chi connectivity index (χ3v) is 3.30. The lowest BCUT2D eigenvalue weighted by atomic mass is 10.1. The molecule has 0 radical (unpaired) electrons. The van der Waals surface area contributed by atoms with Gasteiger partial charge in [0.25, 0.3) is 0 Å². The largest absolute Gasteiger partial charge is 0.356 e. The smallest absolute Gasteiger partial charge is 0.221 e. The van der Waals surface area contributed by atoms with E-state index in [0.717, 1.165) is 30.0 Å². The van der Waals surface area contributed by atoms with Crippen LogP contribution in [-0.2, 0) is 11.2 Å². The molecule has 0 spiro atoms. The van der Waals surface area contributed by atoms with Crippen LogP contribution in [0.5, 0.6) is 0 Å². The Bertz CT molecular complexity index is 351. The minimum Gasteiger partial charge on any atom is -0.356 e. The first-order valence-electron chi connectivity index (χ1n) is 6.05. The SMILES string of the molecule is CCCC(N)CC(=O)NCCc1csc(C)n1. The van der Waals surface area contributed by atoms with Crippen molar-refractivity contribution in [1.29, 1.82) is 0 Å². The number of aryl methyl sites for hydroxylation is 1. The number of hydrogen-bond acceptors (Lipinski definition) is 4. The highest BCUT2D eigenvalue weighted by Crippen LogP contribution is 2.07. The van der Waals surface area contributed by atoms with Crippen LogP contribution in [0, 0.1) is 6.92 Å². The molecule has 0 aromatic carbocycles. The Labute approximate surface area is 107 Å². The Kier molecular flexibility index (Phi) is 6.15. The number of aromatic nitrogens is 1. The molecule has 0 saturated heterocycles. The van der Waals surface area contributed by atoms with Crippen molar-refractivity contribution < 1.29 is 4.79 Å². The van der Waals surface area contributed by atoms with E-state index in [1.54, 1.807) is 11.3 Å². The molecule has 1 heterocycles. The number of carbonyl (C=O) groups is 1. The second kappa shape index (κ2) is 7.40. The number of thiazole rings is 1. The number of hydrogen-bond donors (Lipinski definition) is 2. The summed E-state index contributed by atoms with van der Waals surface area (Å²) in [4.78, 5) is 15.9. The molecule has 3 N–H and O–H groups in total. The first-order chi connectivity index (χ1) is 8.11. The molecule has 1 aromatic rings. The monoisotopic (exact) mass is 255 g/mol. The van der Waals surface area contributed by atoms with E-state index in [0.29, 0.717) is 13.0 Å². The van der Waals surface area contributed by atoms with Gasteiger partial charge in [-0.15, -0.1) is 11.3 Å². The van der Waals surface area contributed by atoms with Gasteiger partial charge >= 0.3 is 0 Å². The molecule has 5 heteroatoms. The fourth-order valence-corrected chi connectivity index (χ4v) is 2.28. The molecular formula is C12H21N3OS. The number of nitrogens with one attached hydrogen (secondary N) is 1. The molecule has 0 fully saturated rings. The summed E-state index contributed by atoms with van der Waals surface area (Å²) in [7, 11) is 0. The summed E-state index contributed by atoms with van der Waals surface area (Å²) in [5.74, 6) is 0.0397. The maximum atomic E-state index is 11.5. The topological polar surface area (TPSA) is 68.0 Å². The highest BCUT2D eigenvalue weighted by atomic mass is 32.1. The van der Waals surface area contributed by atoms with Crippen LogP contribution in [0.15, 0.2) is 5.38 Å². The van der Waals surface area contributed by atoms with Gasteiger partial charge in [-0.3, -0.25) is 4.79 Å². The minimum absolute atomic E-state index is 0.0125. The van der Waals surface area contributed by atoms with Gasteiger partial charge < -0.3 is 11.1 Å². The summed E-state index contributed by atoms with van der Waals surface area (Å²) in [5.41, 5.74) is 6.85. The van der Waals surface area contributed by atoms with Gasteiger partial charge in [-0.2, -0.15) is 0 Å². The zero-order valence-electron chi connectivity index (χ0n) is 10.5. The Hall–Kier alpha value is -0.940. The molecule has 0 aliphatic heterocycles. The predicted octanol–water partition coefficient (Wildman–Crippen LogP) is 1.63. The van der Waals surface area contributed by atoms with E-state index in [2.05, 4.69) is 17.2 Å². The fourth-order valence-electron chi connectivity index (χ4n) is 1.64. The highest BCUT2D eigenvalue weighted by molar-refractivity contribution is 7.09. The molecule has 1 rings (SSSR count). The first kappa shape index (κ1) is 14.1. The second-order valence-corrected chi connectivity index (χ2v) is 5.27. The van der Waals surface area contributed by atoms with Gasteiger partial charge in [0.1, 0.15) is 0 Å². The van der Waals surface area contributed by atoms with Crippen molar-refractivity contribution in [2.24, 2.45) is 5.73 Å². The number of amides is 1. The van der Waals surface area contributed by atoms with Crippen LogP contribution in [0.2, 0.25) is 0 Å². The van der Waals surface area contributed by atoms with Gasteiger partial charge in [0.2, 0.25) is 5.91 Å². The summed E-state index contributed by atoms with van der Waals surface area (Å²) in [6.45, 7) is 4.69. The van der Waals surface area contributed by atoms with E-state index >= 15 is 0 Å². The molecule has 1 unspecified atom stereocenters. The quantitative estimate of drug-likeness (QED) is 0.778. The molecule has 1 aromatic heterocycles. The van der Waals surface area contributed by atoms with Crippen molar-refractivity contribution in [2.75, 3.05) is 6.54 Å². The Morgan fingerprint density at radius 2 is 2.41 bits per heavy atom. The Morgan fingerprint density at radius 1 is 1.65 bits per heavy atom. The van der Waals surface area contributed by atoms with Crippen LogP contribution in [0.1, 0.15) is 36.9 Å². The van der Waals surface area contributed by atoms with E-state index in [1.165, 1.54) is 0 Å². The normalized spacial score (nSPS) is 12.4. The molecule has 17 heavy (non-hydrogen) atoms. The summed E-state index contributed by atoms with van der Waals surface area (Å²) >= 11 is 1.64. The third kappa shape index (κ3) is 5.79. The van der Waals surface area contributed by atoms with Crippen LogP contribution < -0.4 is 11.1 Å². The van der Waals surface area contributed by atoms with Crippen LogP contribution in [-0.4, -0.2) is 23.5 Å². The van der Waals surface area contributed by atoms with Gasteiger partial charge in [0, 0.05) is 30.8 Å².